The molecule has 24 heavy (non-hydrogen) atoms. The number of rotatable bonds is 4. The normalized spacial score (nSPS) is 10.2. The van der Waals surface area contributed by atoms with E-state index in [1.54, 1.807) is 56.9 Å². The Morgan fingerprint density at radius 1 is 1.12 bits per heavy atom. The number of furan rings is 1. The van der Waals surface area contributed by atoms with Crippen LogP contribution in [0.2, 0.25) is 0 Å². The molecular formula is C18H15N3O3. The number of nitrogens with two attached hydrogens (primary N) is 1. The number of aromatic nitrogens is 1. The summed E-state index contributed by atoms with van der Waals surface area (Å²) in [5, 5.41) is 9.39. The summed E-state index contributed by atoms with van der Waals surface area (Å²) in [5.74, 6) is 1.96. The Morgan fingerprint density at radius 3 is 2.58 bits per heavy atom. The topological polar surface area (TPSA) is 94.3 Å². The van der Waals surface area contributed by atoms with Crippen molar-refractivity contribution in [3.63, 3.8) is 0 Å². The largest absolute Gasteiger partial charge is 0.497 e. The average molecular weight is 321 g/mol. The minimum atomic E-state index is 0.131. The lowest BCUT2D eigenvalue weighted by atomic mass is 10.0. The summed E-state index contributed by atoms with van der Waals surface area (Å²) in [6, 6.07) is 12.7. The molecule has 0 saturated carbocycles. The van der Waals surface area contributed by atoms with Crippen LogP contribution < -0.4 is 15.2 Å². The minimum Gasteiger partial charge on any atom is -0.497 e. The average Bonchev–Trinajstić information content (AvgIpc) is 3.14. The first kappa shape index (κ1) is 15.4. The maximum absolute atomic E-state index is 9.39. The van der Waals surface area contributed by atoms with Crippen LogP contribution in [0.4, 0.5) is 5.82 Å². The molecule has 2 heterocycles. The second kappa shape index (κ2) is 6.34. The van der Waals surface area contributed by atoms with Crippen molar-refractivity contribution in [2.24, 2.45) is 0 Å². The lowest BCUT2D eigenvalue weighted by molar-refractivity contribution is 0.404. The highest BCUT2D eigenvalue weighted by Crippen LogP contribution is 2.36. The van der Waals surface area contributed by atoms with Gasteiger partial charge in [0.05, 0.1) is 26.2 Å². The molecule has 0 saturated heterocycles. The maximum Gasteiger partial charge on any atom is 0.142 e. The van der Waals surface area contributed by atoms with Crippen LogP contribution in [0.5, 0.6) is 11.5 Å². The Hall–Kier alpha value is -3.46. The summed E-state index contributed by atoms with van der Waals surface area (Å²) in [7, 11) is 3.16. The zero-order chi connectivity index (χ0) is 17.1. The fourth-order valence-corrected chi connectivity index (χ4v) is 2.46. The molecule has 120 valence electrons. The molecule has 1 aromatic carbocycles. The molecule has 0 spiro atoms. The second-order valence-electron chi connectivity index (χ2n) is 4.97. The molecule has 0 aliphatic rings. The van der Waals surface area contributed by atoms with E-state index < -0.39 is 0 Å². The molecule has 0 fully saturated rings. The zero-order valence-corrected chi connectivity index (χ0v) is 13.2. The van der Waals surface area contributed by atoms with Gasteiger partial charge in [0.15, 0.2) is 0 Å². The van der Waals surface area contributed by atoms with Gasteiger partial charge in [-0.15, -0.1) is 0 Å². The molecule has 3 rings (SSSR count). The number of hydrogen-bond donors (Lipinski definition) is 1. The molecule has 0 atom stereocenters. The Balaban J connectivity index is 2.25. The number of ether oxygens (including phenoxy) is 2. The van der Waals surface area contributed by atoms with Gasteiger partial charge < -0.3 is 19.6 Å². The summed E-state index contributed by atoms with van der Waals surface area (Å²) in [6.07, 6.45) is 1.54. The standard InChI is InChI=1S/C18H15N3O3/c1-22-11-5-6-16(23-2)13(8-11)15-9-12(17-4-3-7-24-17)14(10-19)18(20)21-15/h3-9H,1-2H3,(H2,20,21). The Morgan fingerprint density at radius 2 is 1.96 bits per heavy atom. The van der Waals surface area contributed by atoms with E-state index in [0.29, 0.717) is 34.1 Å². The van der Waals surface area contributed by atoms with E-state index in [9.17, 15) is 5.26 Å². The van der Waals surface area contributed by atoms with Crippen LogP contribution >= 0.6 is 0 Å². The van der Waals surface area contributed by atoms with E-state index in [1.807, 2.05) is 0 Å². The molecule has 3 aromatic rings. The summed E-state index contributed by atoms with van der Waals surface area (Å²) in [6.45, 7) is 0. The van der Waals surface area contributed by atoms with Crippen molar-refractivity contribution in [3.05, 3.63) is 48.2 Å². The molecule has 0 aliphatic carbocycles. The number of pyridine rings is 1. The fourth-order valence-electron chi connectivity index (χ4n) is 2.46. The van der Waals surface area contributed by atoms with Crippen LogP contribution in [-0.2, 0) is 0 Å². The van der Waals surface area contributed by atoms with E-state index in [0.717, 1.165) is 0 Å². The number of nitriles is 1. The molecule has 6 heteroatoms. The van der Waals surface area contributed by atoms with Crippen molar-refractivity contribution in [1.82, 2.24) is 4.98 Å². The van der Waals surface area contributed by atoms with Gasteiger partial charge in [-0.05, 0) is 36.4 Å². The van der Waals surface area contributed by atoms with Crippen LogP contribution in [0.3, 0.4) is 0 Å². The first-order chi connectivity index (χ1) is 11.7. The Bertz CT molecular complexity index is 912. The first-order valence-corrected chi connectivity index (χ1v) is 7.14. The van der Waals surface area contributed by atoms with Crippen molar-refractivity contribution in [3.8, 4) is 40.1 Å². The highest BCUT2D eigenvalue weighted by Gasteiger charge is 2.17. The highest BCUT2D eigenvalue weighted by atomic mass is 16.5. The van der Waals surface area contributed by atoms with Crippen molar-refractivity contribution < 1.29 is 13.9 Å². The number of anilines is 1. The molecule has 0 bridgehead atoms. The third-order valence-corrected chi connectivity index (χ3v) is 3.63. The molecule has 0 unspecified atom stereocenters. The summed E-state index contributed by atoms with van der Waals surface area (Å²) < 4.78 is 16.1. The number of methoxy groups -OCH3 is 2. The van der Waals surface area contributed by atoms with Crippen LogP contribution in [0.15, 0.2) is 47.1 Å². The van der Waals surface area contributed by atoms with Crippen molar-refractivity contribution in [2.45, 2.75) is 0 Å². The number of nitrogen functional groups attached to an aromatic ring is 1. The molecule has 2 N–H and O–H groups in total. The monoisotopic (exact) mass is 321 g/mol. The SMILES string of the molecule is COc1ccc(OC)c(-c2cc(-c3ccco3)c(C#N)c(N)n2)c1. The fraction of sp³-hybridized carbons (Fsp3) is 0.111. The van der Waals surface area contributed by atoms with Gasteiger partial charge in [-0.1, -0.05) is 0 Å². The van der Waals surface area contributed by atoms with Crippen LogP contribution in [0.25, 0.3) is 22.6 Å². The van der Waals surface area contributed by atoms with E-state index in [4.69, 9.17) is 19.6 Å². The van der Waals surface area contributed by atoms with Gasteiger partial charge in [-0.3, -0.25) is 0 Å². The third kappa shape index (κ3) is 2.63. The van der Waals surface area contributed by atoms with Gasteiger partial charge in [0, 0.05) is 11.1 Å². The van der Waals surface area contributed by atoms with Gasteiger partial charge in [0.1, 0.15) is 34.7 Å². The molecule has 0 radical (unpaired) electrons. The summed E-state index contributed by atoms with van der Waals surface area (Å²) >= 11 is 0. The predicted molar refractivity (Wildman–Crippen MR) is 89.6 cm³/mol. The van der Waals surface area contributed by atoms with E-state index in [-0.39, 0.29) is 11.4 Å². The van der Waals surface area contributed by atoms with Gasteiger partial charge in [0.2, 0.25) is 0 Å². The molecule has 0 amide bonds. The quantitative estimate of drug-likeness (QED) is 0.790. The van der Waals surface area contributed by atoms with E-state index >= 15 is 0 Å². The second-order valence-corrected chi connectivity index (χ2v) is 4.97. The highest BCUT2D eigenvalue weighted by molar-refractivity contribution is 5.80. The molecule has 2 aromatic heterocycles. The van der Waals surface area contributed by atoms with Crippen molar-refractivity contribution in [2.75, 3.05) is 20.0 Å². The summed E-state index contributed by atoms with van der Waals surface area (Å²) in [5.41, 5.74) is 8.12. The number of hydrogen-bond acceptors (Lipinski definition) is 6. The van der Waals surface area contributed by atoms with Crippen LogP contribution in [-0.4, -0.2) is 19.2 Å². The van der Waals surface area contributed by atoms with Crippen molar-refractivity contribution in [1.29, 1.82) is 5.26 Å². The Kier molecular flexibility index (Phi) is 4.08. The van der Waals surface area contributed by atoms with Crippen molar-refractivity contribution >= 4 is 5.82 Å². The smallest absolute Gasteiger partial charge is 0.142 e. The number of nitrogens with zero attached hydrogens (tertiary/aromatic N) is 2. The lowest BCUT2D eigenvalue weighted by Gasteiger charge is -2.12. The molecule has 0 aliphatic heterocycles. The number of benzene rings is 1. The Labute approximate surface area is 139 Å². The zero-order valence-electron chi connectivity index (χ0n) is 13.2. The van der Waals surface area contributed by atoms with Gasteiger partial charge in [-0.2, -0.15) is 5.26 Å². The summed E-state index contributed by atoms with van der Waals surface area (Å²) in [4.78, 5) is 4.35. The lowest BCUT2D eigenvalue weighted by Crippen LogP contribution is -2.00. The molecule has 6 nitrogen and oxygen atoms in total. The minimum absolute atomic E-state index is 0.131. The third-order valence-electron chi connectivity index (χ3n) is 3.63. The first-order valence-electron chi connectivity index (χ1n) is 7.14. The van der Waals surface area contributed by atoms with Crippen LogP contribution in [0, 0.1) is 11.3 Å². The molecular weight excluding hydrogens is 306 g/mol. The van der Waals surface area contributed by atoms with Gasteiger partial charge in [-0.25, -0.2) is 4.98 Å². The van der Waals surface area contributed by atoms with Gasteiger partial charge in [0.25, 0.3) is 0 Å². The van der Waals surface area contributed by atoms with Crippen LogP contribution in [0.1, 0.15) is 5.56 Å². The van der Waals surface area contributed by atoms with E-state index in [1.165, 1.54) is 0 Å². The predicted octanol–water partition coefficient (Wildman–Crippen LogP) is 3.48. The van der Waals surface area contributed by atoms with Gasteiger partial charge >= 0.3 is 0 Å². The maximum atomic E-state index is 9.39. The van der Waals surface area contributed by atoms with E-state index in [2.05, 4.69) is 11.1 Å².